The van der Waals surface area contributed by atoms with Crippen molar-refractivity contribution < 1.29 is 29.6 Å². The molecule has 12 nitrogen and oxygen atoms in total. The smallest absolute Gasteiger partial charge is 0.342 e. The molecule has 1 aromatic carbocycles. The van der Waals surface area contributed by atoms with Crippen LogP contribution >= 0.6 is 22.9 Å². The van der Waals surface area contributed by atoms with Gasteiger partial charge in [-0.2, -0.15) is 9.97 Å². The highest BCUT2D eigenvalue weighted by atomic mass is 35.5. The number of carbonyl (C=O) groups is 1. The van der Waals surface area contributed by atoms with E-state index in [0.717, 1.165) is 0 Å². The lowest BCUT2D eigenvalue weighted by atomic mass is 9.90. The Labute approximate surface area is 231 Å². The number of imidazole rings is 1. The van der Waals surface area contributed by atoms with E-state index in [4.69, 9.17) is 27.5 Å². The molecule has 0 unspecified atom stereocenters. The summed E-state index contributed by atoms with van der Waals surface area (Å²) >= 11 is 7.28. The highest BCUT2D eigenvalue weighted by molar-refractivity contribution is 7.07. The third-order valence-corrected chi connectivity index (χ3v) is 7.38. The maximum atomic E-state index is 12.7. The first-order chi connectivity index (χ1) is 18.7. The molecule has 0 bridgehead atoms. The molecule has 0 radical (unpaired) electrons. The van der Waals surface area contributed by atoms with Crippen LogP contribution in [0, 0.1) is 12.3 Å². The molecule has 5 rings (SSSR count). The minimum atomic E-state index is -2.25. The molecule has 0 saturated carbocycles. The van der Waals surface area contributed by atoms with Crippen molar-refractivity contribution in [3.8, 4) is 12.3 Å². The summed E-state index contributed by atoms with van der Waals surface area (Å²) in [5, 5.41) is 37.2. The van der Waals surface area contributed by atoms with Crippen LogP contribution in [-0.4, -0.2) is 77.3 Å². The fourth-order valence-corrected chi connectivity index (χ4v) is 5.32. The van der Waals surface area contributed by atoms with Gasteiger partial charge in [0.25, 0.3) is 0 Å². The summed E-state index contributed by atoms with van der Waals surface area (Å²) < 4.78 is 13.4. The molecule has 1 aliphatic heterocycles. The fourth-order valence-electron chi connectivity index (χ4n) is 4.54. The summed E-state index contributed by atoms with van der Waals surface area (Å²) in [6, 6.07) is 8.92. The first-order valence-corrected chi connectivity index (χ1v) is 13.0. The number of nitrogens with one attached hydrogen (secondary N) is 1. The Morgan fingerprint density at radius 2 is 2.13 bits per heavy atom. The number of rotatable bonds is 9. The molecule has 39 heavy (non-hydrogen) atoms. The Kier molecular flexibility index (Phi) is 7.25. The van der Waals surface area contributed by atoms with E-state index in [9.17, 15) is 20.1 Å². The Morgan fingerprint density at radius 1 is 1.36 bits per heavy atom. The van der Waals surface area contributed by atoms with Gasteiger partial charge in [-0.25, -0.2) is 14.8 Å². The fraction of sp³-hybridized carbons (Fsp3) is 0.320. The van der Waals surface area contributed by atoms with E-state index in [0.29, 0.717) is 16.9 Å². The number of fused-ring (bicyclic) bond motifs is 1. The molecular weight excluding hydrogens is 548 g/mol. The van der Waals surface area contributed by atoms with Crippen molar-refractivity contribution in [3.63, 3.8) is 0 Å². The second-order valence-electron chi connectivity index (χ2n) is 8.82. The van der Waals surface area contributed by atoms with Crippen LogP contribution in [0.1, 0.15) is 17.5 Å². The molecule has 0 amide bonds. The molecule has 14 heteroatoms. The minimum absolute atomic E-state index is 0.0610. The maximum Gasteiger partial charge on any atom is 0.342 e. The van der Waals surface area contributed by atoms with Gasteiger partial charge in [0.05, 0.1) is 24.1 Å². The summed E-state index contributed by atoms with van der Waals surface area (Å²) in [6.07, 6.45) is 2.69. The highest BCUT2D eigenvalue weighted by Crippen LogP contribution is 2.40. The van der Waals surface area contributed by atoms with Gasteiger partial charge < -0.3 is 30.1 Å². The number of aliphatic carboxylic acids is 1. The molecule has 0 aliphatic carbocycles. The van der Waals surface area contributed by atoms with Crippen LogP contribution in [-0.2, 0) is 26.3 Å². The van der Waals surface area contributed by atoms with Gasteiger partial charge in [-0.15, -0.1) is 17.8 Å². The van der Waals surface area contributed by atoms with Gasteiger partial charge in [0.2, 0.25) is 10.9 Å². The van der Waals surface area contributed by atoms with Crippen LogP contribution < -0.4 is 5.32 Å². The van der Waals surface area contributed by atoms with E-state index < -0.39 is 42.2 Å². The van der Waals surface area contributed by atoms with Crippen molar-refractivity contribution in [2.45, 2.75) is 36.1 Å². The lowest BCUT2D eigenvalue weighted by Crippen LogP contribution is -2.50. The van der Waals surface area contributed by atoms with Crippen molar-refractivity contribution in [2.24, 2.45) is 0 Å². The van der Waals surface area contributed by atoms with Crippen molar-refractivity contribution in [2.75, 3.05) is 19.0 Å². The van der Waals surface area contributed by atoms with Gasteiger partial charge in [0, 0.05) is 18.8 Å². The molecular formula is C25H23ClN6O6S. The van der Waals surface area contributed by atoms with Crippen molar-refractivity contribution >= 4 is 45.9 Å². The number of aromatic nitrogens is 5. The average Bonchev–Trinajstić information content (AvgIpc) is 3.67. The standard InChI is InChI=1S/C25H23ClN6O6S/c1-3-24(36)16(38-21(18(24)33)32-12-28-17-19(27-2)30-23(26)31-20(17)32)10-37-25(22(34)35,15-11-39-13-29-15)9-14-7-5-4-6-8-14/h1,4-8,11-13,16,18,21,33,36H,9-10H2,2H3,(H,34,35)(H,27,30,31)/t16-,18+,21-,24-,25+/m1/s1. The van der Waals surface area contributed by atoms with Crippen molar-refractivity contribution in [1.82, 2.24) is 24.5 Å². The van der Waals surface area contributed by atoms with E-state index in [1.807, 2.05) is 6.07 Å². The summed E-state index contributed by atoms with van der Waals surface area (Å²) in [5.74, 6) is 1.26. The predicted molar refractivity (Wildman–Crippen MR) is 141 cm³/mol. The van der Waals surface area contributed by atoms with Crippen LogP contribution in [0.25, 0.3) is 11.2 Å². The van der Waals surface area contributed by atoms with Gasteiger partial charge in [-0.3, -0.25) is 4.57 Å². The molecule has 1 fully saturated rings. The number of hydrogen-bond donors (Lipinski definition) is 4. The number of nitrogens with zero attached hydrogens (tertiary/aromatic N) is 5. The number of aliphatic hydroxyl groups excluding tert-OH is 1. The lowest BCUT2D eigenvalue weighted by Gasteiger charge is -2.32. The normalized spacial score (nSPS) is 24.3. The van der Waals surface area contributed by atoms with Crippen LogP contribution in [0.4, 0.5) is 5.82 Å². The molecule has 1 saturated heterocycles. The molecule has 202 valence electrons. The quantitative estimate of drug-likeness (QED) is 0.171. The number of anilines is 1. The van der Waals surface area contributed by atoms with E-state index in [1.54, 1.807) is 36.7 Å². The average molecular weight is 571 g/mol. The largest absolute Gasteiger partial charge is 0.479 e. The Bertz CT molecular complexity index is 1530. The van der Waals surface area contributed by atoms with Gasteiger partial charge >= 0.3 is 5.97 Å². The predicted octanol–water partition coefficient (Wildman–Crippen LogP) is 1.84. The molecule has 0 spiro atoms. The second-order valence-corrected chi connectivity index (χ2v) is 9.88. The zero-order valence-corrected chi connectivity index (χ0v) is 22.0. The van der Waals surface area contributed by atoms with Crippen LogP contribution in [0.5, 0.6) is 0 Å². The zero-order chi connectivity index (χ0) is 27.8. The third-order valence-electron chi connectivity index (χ3n) is 6.62. The number of halogens is 1. The first-order valence-electron chi connectivity index (χ1n) is 11.6. The third kappa shape index (κ3) is 4.61. The molecule has 4 aromatic rings. The van der Waals surface area contributed by atoms with Gasteiger partial charge in [0.1, 0.15) is 12.2 Å². The number of carboxylic acids is 1. The number of benzene rings is 1. The van der Waals surface area contributed by atoms with E-state index >= 15 is 0 Å². The monoisotopic (exact) mass is 570 g/mol. The summed E-state index contributed by atoms with van der Waals surface area (Å²) in [6.45, 7) is -0.491. The van der Waals surface area contributed by atoms with Gasteiger partial charge in [0.15, 0.2) is 28.8 Å². The molecule has 3 aromatic heterocycles. The number of thiazole rings is 1. The SMILES string of the molecule is C#C[C@@]1(O)[C@@H](CO[C@](Cc2ccccc2)(C(=O)O)c2cscn2)O[C@@H](n2cnc3c(NC)nc(Cl)nc32)[C@@H]1O. The number of hydrogen-bond acceptors (Lipinski definition) is 11. The molecule has 5 atom stereocenters. The van der Waals surface area contributed by atoms with E-state index in [-0.39, 0.29) is 23.0 Å². The van der Waals surface area contributed by atoms with E-state index in [2.05, 4.69) is 31.2 Å². The zero-order valence-electron chi connectivity index (χ0n) is 20.4. The topological polar surface area (TPSA) is 165 Å². The second kappa shape index (κ2) is 10.5. The Morgan fingerprint density at radius 3 is 2.77 bits per heavy atom. The first kappa shape index (κ1) is 26.9. The maximum absolute atomic E-state index is 12.7. The molecule has 4 heterocycles. The summed E-state index contributed by atoms with van der Waals surface area (Å²) in [4.78, 5) is 29.5. The van der Waals surface area contributed by atoms with Crippen LogP contribution in [0.2, 0.25) is 5.28 Å². The van der Waals surface area contributed by atoms with Crippen LogP contribution in [0.3, 0.4) is 0 Å². The molecule has 4 N–H and O–H groups in total. The highest BCUT2D eigenvalue weighted by Gasteiger charge is 2.57. The summed E-state index contributed by atoms with van der Waals surface area (Å²) in [7, 11) is 1.63. The van der Waals surface area contributed by atoms with Gasteiger partial charge in [-0.1, -0.05) is 36.3 Å². The summed E-state index contributed by atoms with van der Waals surface area (Å²) in [5.41, 5.74) is -1.24. The van der Waals surface area contributed by atoms with Crippen molar-refractivity contribution in [3.05, 3.63) is 64.1 Å². The van der Waals surface area contributed by atoms with Crippen molar-refractivity contribution in [1.29, 1.82) is 0 Å². The number of terminal acetylenes is 1. The Hall–Kier alpha value is -3.64. The van der Waals surface area contributed by atoms with E-state index in [1.165, 1.54) is 27.7 Å². The Balaban J connectivity index is 1.49. The number of aliphatic hydroxyl groups is 2. The number of ether oxygens (including phenoxy) is 2. The van der Waals surface area contributed by atoms with Gasteiger partial charge in [-0.05, 0) is 17.2 Å². The lowest BCUT2D eigenvalue weighted by molar-refractivity contribution is -0.179. The minimum Gasteiger partial charge on any atom is -0.479 e. The molecule has 1 aliphatic rings. The number of carboxylic acid groups (broad SMARTS) is 1. The van der Waals surface area contributed by atoms with Crippen LogP contribution in [0.15, 0.2) is 47.5 Å².